The normalized spacial score (nSPS) is 33.9. The molecule has 7 heteroatoms. The highest BCUT2D eigenvalue weighted by atomic mass is 16.5. The number of amides is 1. The average molecular weight is 403 g/mol. The van der Waals surface area contributed by atoms with Crippen LogP contribution in [0.3, 0.4) is 0 Å². The molecule has 1 aromatic rings. The molecule has 0 aromatic carbocycles. The molecule has 1 saturated heterocycles. The number of morpholine rings is 1. The molecular formula is C22H34N4O3. The van der Waals surface area contributed by atoms with Crippen LogP contribution in [0.5, 0.6) is 0 Å². The summed E-state index contributed by atoms with van der Waals surface area (Å²) in [4.78, 5) is 23.2. The van der Waals surface area contributed by atoms with Gasteiger partial charge in [-0.05, 0) is 32.1 Å². The summed E-state index contributed by atoms with van der Waals surface area (Å²) in [5, 5.41) is 15.1. The monoisotopic (exact) mass is 402 g/mol. The summed E-state index contributed by atoms with van der Waals surface area (Å²) in [6, 6.07) is 0.599. The molecule has 4 fully saturated rings. The van der Waals surface area contributed by atoms with Crippen LogP contribution in [0.25, 0.3) is 0 Å². The molecule has 3 saturated carbocycles. The number of H-pyrrole nitrogens is 1. The molecule has 1 aromatic heterocycles. The third kappa shape index (κ3) is 4.09. The Morgan fingerprint density at radius 1 is 1.17 bits per heavy atom. The second-order valence-corrected chi connectivity index (χ2v) is 9.40. The number of aromatic nitrogens is 2. The van der Waals surface area contributed by atoms with Gasteiger partial charge in [-0.15, -0.1) is 0 Å². The summed E-state index contributed by atoms with van der Waals surface area (Å²) in [6.45, 7) is 2.44. The Bertz CT molecular complexity index is 707. The molecule has 160 valence electrons. The molecule has 4 aliphatic rings. The lowest BCUT2D eigenvalue weighted by atomic mass is 9.92. The van der Waals surface area contributed by atoms with E-state index < -0.39 is 6.10 Å². The number of nitrogens with one attached hydrogen (secondary N) is 2. The summed E-state index contributed by atoms with van der Waals surface area (Å²) < 4.78 is 5.40. The van der Waals surface area contributed by atoms with Crippen molar-refractivity contribution in [1.29, 1.82) is 0 Å². The van der Waals surface area contributed by atoms with Crippen molar-refractivity contribution in [2.75, 3.05) is 26.3 Å². The van der Waals surface area contributed by atoms with Crippen LogP contribution in [-0.2, 0) is 9.53 Å². The van der Waals surface area contributed by atoms with Gasteiger partial charge >= 0.3 is 0 Å². The third-order valence-corrected chi connectivity index (χ3v) is 7.35. The van der Waals surface area contributed by atoms with Gasteiger partial charge in [0.05, 0.1) is 25.2 Å². The van der Waals surface area contributed by atoms with Crippen LogP contribution in [0, 0.1) is 5.92 Å². The smallest absolute Gasteiger partial charge is 0.228 e. The van der Waals surface area contributed by atoms with Crippen molar-refractivity contribution in [3.8, 4) is 0 Å². The minimum atomic E-state index is -0.682. The minimum Gasteiger partial charge on any atom is -0.392 e. The zero-order chi connectivity index (χ0) is 19.8. The zero-order valence-corrected chi connectivity index (χ0v) is 17.2. The fourth-order valence-corrected chi connectivity index (χ4v) is 5.54. The SMILES string of the molecule is O=C([C@H]1C[C@@H](NC2CCCCC2)[C@H](c2cnc(C3CC3)[nH]2)[C@@H]1O)N1CCOCC1. The van der Waals surface area contributed by atoms with Crippen LogP contribution in [0.1, 0.15) is 74.7 Å². The number of ether oxygens (including phenoxy) is 1. The molecule has 4 atom stereocenters. The van der Waals surface area contributed by atoms with E-state index in [1.165, 1.54) is 44.9 Å². The topological polar surface area (TPSA) is 90.5 Å². The summed E-state index contributed by atoms with van der Waals surface area (Å²) in [6.07, 6.45) is 10.5. The zero-order valence-electron chi connectivity index (χ0n) is 17.2. The van der Waals surface area contributed by atoms with Gasteiger partial charge in [-0.3, -0.25) is 4.79 Å². The highest BCUT2D eigenvalue weighted by Gasteiger charge is 2.49. The Kier molecular flexibility index (Phi) is 5.63. The maximum atomic E-state index is 13.2. The number of rotatable bonds is 5. The molecule has 3 aliphatic carbocycles. The number of aliphatic hydroxyl groups excluding tert-OH is 1. The van der Waals surface area contributed by atoms with Gasteiger partial charge in [-0.1, -0.05) is 19.3 Å². The fourth-order valence-electron chi connectivity index (χ4n) is 5.54. The third-order valence-electron chi connectivity index (χ3n) is 7.35. The van der Waals surface area contributed by atoms with Gasteiger partial charge in [0.1, 0.15) is 5.82 Å². The standard InChI is InChI=1S/C22H34N4O3/c27-20-16(22(28)26-8-10-29-11-9-26)12-17(24-15-4-2-1-3-5-15)19(20)18-13-23-21(25-18)14-6-7-14/h13-17,19-20,24,27H,1-12H2,(H,23,25)/t16-,17+,19+,20+/m0/s1. The van der Waals surface area contributed by atoms with E-state index in [2.05, 4.69) is 15.3 Å². The number of nitrogens with zero attached hydrogens (tertiary/aromatic N) is 2. The number of carbonyl (C=O) groups excluding carboxylic acids is 1. The number of aliphatic hydroxyl groups is 1. The first-order valence-corrected chi connectivity index (χ1v) is 11.6. The number of hydrogen-bond donors (Lipinski definition) is 3. The van der Waals surface area contributed by atoms with E-state index in [-0.39, 0.29) is 23.8 Å². The van der Waals surface area contributed by atoms with Crippen molar-refractivity contribution in [1.82, 2.24) is 20.2 Å². The van der Waals surface area contributed by atoms with Crippen LogP contribution in [0.4, 0.5) is 0 Å². The number of hydrogen-bond acceptors (Lipinski definition) is 5. The molecule has 0 radical (unpaired) electrons. The molecule has 0 spiro atoms. The van der Waals surface area contributed by atoms with Crippen LogP contribution < -0.4 is 5.32 Å². The highest BCUT2D eigenvalue weighted by molar-refractivity contribution is 5.80. The first-order valence-electron chi connectivity index (χ1n) is 11.6. The van der Waals surface area contributed by atoms with Crippen molar-refractivity contribution >= 4 is 5.91 Å². The van der Waals surface area contributed by atoms with E-state index in [9.17, 15) is 9.90 Å². The van der Waals surface area contributed by atoms with E-state index in [0.29, 0.717) is 44.7 Å². The molecule has 29 heavy (non-hydrogen) atoms. The van der Waals surface area contributed by atoms with E-state index in [1.807, 2.05) is 11.1 Å². The van der Waals surface area contributed by atoms with Crippen LogP contribution in [0.15, 0.2) is 6.20 Å². The van der Waals surface area contributed by atoms with E-state index >= 15 is 0 Å². The molecule has 1 aliphatic heterocycles. The Labute approximate surface area is 172 Å². The number of carbonyl (C=O) groups is 1. The average Bonchev–Trinajstić information content (AvgIpc) is 3.41. The summed E-state index contributed by atoms with van der Waals surface area (Å²) in [5.41, 5.74) is 0.991. The Balaban J connectivity index is 1.36. The quantitative estimate of drug-likeness (QED) is 0.700. The second-order valence-electron chi connectivity index (χ2n) is 9.40. The second kappa shape index (κ2) is 8.36. The van der Waals surface area contributed by atoms with Gasteiger partial charge in [-0.25, -0.2) is 4.98 Å². The predicted octanol–water partition coefficient (Wildman–Crippen LogP) is 1.90. The molecular weight excluding hydrogens is 368 g/mol. The summed E-state index contributed by atoms with van der Waals surface area (Å²) in [7, 11) is 0. The van der Waals surface area contributed by atoms with E-state index in [0.717, 1.165) is 11.5 Å². The Morgan fingerprint density at radius 2 is 1.93 bits per heavy atom. The van der Waals surface area contributed by atoms with Gasteiger partial charge in [0.25, 0.3) is 0 Å². The molecule has 5 rings (SSSR count). The summed E-state index contributed by atoms with van der Waals surface area (Å²) >= 11 is 0. The predicted molar refractivity (Wildman–Crippen MR) is 109 cm³/mol. The largest absolute Gasteiger partial charge is 0.392 e. The lowest BCUT2D eigenvalue weighted by Crippen LogP contribution is -2.45. The minimum absolute atomic E-state index is 0.0840. The van der Waals surface area contributed by atoms with Gasteiger partial charge in [-0.2, -0.15) is 0 Å². The van der Waals surface area contributed by atoms with Crippen molar-refractivity contribution in [2.24, 2.45) is 5.92 Å². The molecule has 1 amide bonds. The first-order chi connectivity index (χ1) is 14.2. The Hall–Kier alpha value is -1.44. The number of imidazole rings is 1. The fraction of sp³-hybridized carbons (Fsp3) is 0.818. The van der Waals surface area contributed by atoms with Crippen LogP contribution in [-0.4, -0.2) is 70.4 Å². The van der Waals surface area contributed by atoms with Gasteiger partial charge in [0.15, 0.2) is 0 Å². The van der Waals surface area contributed by atoms with Crippen molar-refractivity contribution in [3.05, 3.63) is 17.7 Å². The van der Waals surface area contributed by atoms with Crippen molar-refractivity contribution < 1.29 is 14.6 Å². The van der Waals surface area contributed by atoms with Gasteiger partial charge in [0.2, 0.25) is 5.91 Å². The number of aromatic amines is 1. The maximum absolute atomic E-state index is 13.2. The highest BCUT2D eigenvalue weighted by Crippen LogP contribution is 2.43. The van der Waals surface area contributed by atoms with Crippen LogP contribution >= 0.6 is 0 Å². The lowest BCUT2D eigenvalue weighted by molar-refractivity contribution is -0.142. The maximum Gasteiger partial charge on any atom is 0.228 e. The van der Waals surface area contributed by atoms with Gasteiger partial charge < -0.3 is 25.0 Å². The van der Waals surface area contributed by atoms with E-state index in [1.54, 1.807) is 0 Å². The molecule has 2 heterocycles. The molecule has 0 bridgehead atoms. The Morgan fingerprint density at radius 3 is 2.66 bits per heavy atom. The van der Waals surface area contributed by atoms with Crippen molar-refractivity contribution in [2.45, 2.75) is 81.4 Å². The van der Waals surface area contributed by atoms with Crippen LogP contribution in [0.2, 0.25) is 0 Å². The van der Waals surface area contributed by atoms with E-state index in [4.69, 9.17) is 4.74 Å². The van der Waals surface area contributed by atoms with Gasteiger partial charge in [0, 0.05) is 48.9 Å². The lowest BCUT2D eigenvalue weighted by Gasteiger charge is -2.30. The molecule has 3 N–H and O–H groups in total. The molecule has 7 nitrogen and oxygen atoms in total. The summed E-state index contributed by atoms with van der Waals surface area (Å²) in [5.74, 6) is 1.23. The molecule has 0 unspecified atom stereocenters. The first kappa shape index (κ1) is 19.5. The van der Waals surface area contributed by atoms with Crippen molar-refractivity contribution in [3.63, 3.8) is 0 Å².